The van der Waals surface area contributed by atoms with E-state index < -0.39 is 0 Å². The van der Waals surface area contributed by atoms with Crippen LogP contribution in [0.25, 0.3) is 0 Å². The number of hydrogen-bond donors (Lipinski definition) is 1. The highest BCUT2D eigenvalue weighted by Gasteiger charge is 2.24. The molecule has 0 spiro atoms. The van der Waals surface area contributed by atoms with E-state index in [1.165, 1.54) is 25.7 Å². The molecule has 2 rings (SSSR count). The summed E-state index contributed by atoms with van der Waals surface area (Å²) in [4.78, 5) is 11.2. The van der Waals surface area contributed by atoms with Crippen LogP contribution in [0.1, 0.15) is 46.5 Å². The van der Waals surface area contributed by atoms with Crippen molar-refractivity contribution in [3.05, 3.63) is 12.4 Å². The molecule has 0 bridgehead atoms. The Morgan fingerprint density at radius 3 is 2.68 bits per heavy atom. The molecule has 1 saturated carbocycles. The molecule has 1 aliphatic carbocycles. The zero-order valence-corrected chi connectivity index (χ0v) is 12.4. The van der Waals surface area contributed by atoms with Crippen LogP contribution >= 0.6 is 0 Å². The van der Waals surface area contributed by atoms with Gasteiger partial charge in [-0.05, 0) is 25.7 Å². The van der Waals surface area contributed by atoms with Gasteiger partial charge < -0.3 is 10.2 Å². The predicted molar refractivity (Wildman–Crippen MR) is 80.6 cm³/mol. The number of rotatable bonds is 6. The van der Waals surface area contributed by atoms with Crippen LogP contribution in [-0.2, 0) is 0 Å². The zero-order valence-electron chi connectivity index (χ0n) is 12.4. The average Bonchev–Trinajstić information content (AvgIpc) is 2.90. The molecule has 1 aliphatic rings. The molecule has 19 heavy (non-hydrogen) atoms. The van der Waals surface area contributed by atoms with Crippen LogP contribution in [0.2, 0.25) is 0 Å². The van der Waals surface area contributed by atoms with Crippen molar-refractivity contribution in [2.24, 2.45) is 5.92 Å². The highest BCUT2D eigenvalue weighted by Crippen LogP contribution is 2.28. The van der Waals surface area contributed by atoms with E-state index in [9.17, 15) is 0 Å². The Morgan fingerprint density at radius 2 is 2.05 bits per heavy atom. The summed E-state index contributed by atoms with van der Waals surface area (Å²) in [6.45, 7) is 8.60. The number of nitrogens with one attached hydrogen (secondary N) is 1. The maximum Gasteiger partial charge on any atom is 0.134 e. The van der Waals surface area contributed by atoms with Gasteiger partial charge in [0.05, 0.1) is 0 Å². The van der Waals surface area contributed by atoms with Gasteiger partial charge in [0.15, 0.2) is 0 Å². The fourth-order valence-corrected chi connectivity index (χ4v) is 2.82. The molecule has 0 amide bonds. The average molecular weight is 262 g/mol. The molecule has 0 aromatic carbocycles. The SMILES string of the molecule is CCNc1cc(N(CC(C)C)C2CCCC2)ncn1. The van der Waals surface area contributed by atoms with Gasteiger partial charge >= 0.3 is 0 Å². The fourth-order valence-electron chi connectivity index (χ4n) is 2.82. The summed E-state index contributed by atoms with van der Waals surface area (Å²) in [5, 5.41) is 3.27. The van der Waals surface area contributed by atoms with Gasteiger partial charge in [-0.15, -0.1) is 0 Å². The molecule has 1 N–H and O–H groups in total. The molecule has 106 valence electrons. The summed E-state index contributed by atoms with van der Waals surface area (Å²) >= 11 is 0. The van der Waals surface area contributed by atoms with Gasteiger partial charge in [-0.25, -0.2) is 9.97 Å². The molecule has 0 atom stereocenters. The highest BCUT2D eigenvalue weighted by atomic mass is 15.2. The minimum Gasteiger partial charge on any atom is -0.370 e. The van der Waals surface area contributed by atoms with Crippen molar-refractivity contribution >= 4 is 11.6 Å². The normalized spacial score (nSPS) is 16.0. The Kier molecular flexibility index (Phi) is 5.00. The van der Waals surface area contributed by atoms with E-state index in [0.29, 0.717) is 12.0 Å². The van der Waals surface area contributed by atoms with E-state index in [4.69, 9.17) is 0 Å². The number of anilines is 2. The lowest BCUT2D eigenvalue weighted by molar-refractivity contribution is 0.531. The van der Waals surface area contributed by atoms with Gasteiger partial charge in [-0.1, -0.05) is 26.7 Å². The second-order valence-electron chi connectivity index (χ2n) is 5.78. The summed E-state index contributed by atoms with van der Waals surface area (Å²) in [6, 6.07) is 2.75. The first-order valence-corrected chi connectivity index (χ1v) is 7.53. The Morgan fingerprint density at radius 1 is 1.32 bits per heavy atom. The molecule has 1 aromatic heterocycles. The van der Waals surface area contributed by atoms with Crippen LogP contribution in [0.3, 0.4) is 0 Å². The number of hydrogen-bond acceptors (Lipinski definition) is 4. The highest BCUT2D eigenvalue weighted by molar-refractivity contribution is 5.49. The van der Waals surface area contributed by atoms with Crippen LogP contribution in [0.15, 0.2) is 12.4 Å². The maximum atomic E-state index is 4.49. The minimum atomic E-state index is 0.651. The second-order valence-corrected chi connectivity index (χ2v) is 5.78. The Labute approximate surface area is 116 Å². The third kappa shape index (κ3) is 3.82. The lowest BCUT2D eigenvalue weighted by Crippen LogP contribution is -2.37. The van der Waals surface area contributed by atoms with Gasteiger partial charge in [0.1, 0.15) is 18.0 Å². The standard InChI is InChI=1S/C15H26N4/c1-4-16-14-9-15(18-11-17-14)19(10-12(2)3)13-7-5-6-8-13/h9,11-13H,4-8,10H2,1-3H3,(H,16,17,18). The van der Waals surface area contributed by atoms with Crippen LogP contribution in [0.5, 0.6) is 0 Å². The Balaban J connectivity index is 2.18. The lowest BCUT2D eigenvalue weighted by Gasteiger charge is -2.31. The summed E-state index contributed by atoms with van der Waals surface area (Å²) in [6.07, 6.45) is 6.98. The molecule has 0 unspecified atom stereocenters. The van der Waals surface area contributed by atoms with Gasteiger partial charge in [0, 0.05) is 25.2 Å². The Bertz CT molecular complexity index is 385. The molecular weight excluding hydrogens is 236 g/mol. The van der Waals surface area contributed by atoms with Gasteiger partial charge in [-0.3, -0.25) is 0 Å². The van der Waals surface area contributed by atoms with Crippen molar-refractivity contribution in [2.75, 3.05) is 23.3 Å². The predicted octanol–water partition coefficient (Wildman–Crippen LogP) is 3.31. The first-order chi connectivity index (χ1) is 9.20. The molecule has 1 aromatic rings. The van der Waals surface area contributed by atoms with E-state index in [1.807, 2.05) is 0 Å². The van der Waals surface area contributed by atoms with Gasteiger partial charge in [0.25, 0.3) is 0 Å². The largest absolute Gasteiger partial charge is 0.370 e. The molecule has 1 fully saturated rings. The van der Waals surface area contributed by atoms with Crippen LogP contribution in [-0.4, -0.2) is 29.1 Å². The van der Waals surface area contributed by atoms with Crippen molar-refractivity contribution in [1.29, 1.82) is 0 Å². The fraction of sp³-hybridized carbons (Fsp3) is 0.733. The second kappa shape index (κ2) is 6.73. The number of aromatic nitrogens is 2. The third-order valence-corrected chi connectivity index (χ3v) is 3.63. The quantitative estimate of drug-likeness (QED) is 0.854. The minimum absolute atomic E-state index is 0.651. The van der Waals surface area contributed by atoms with E-state index in [0.717, 1.165) is 24.7 Å². The molecular formula is C15H26N4. The van der Waals surface area contributed by atoms with Crippen molar-refractivity contribution in [3.63, 3.8) is 0 Å². The summed E-state index contributed by atoms with van der Waals surface area (Å²) in [7, 11) is 0. The van der Waals surface area contributed by atoms with E-state index in [-0.39, 0.29) is 0 Å². The summed E-state index contributed by atoms with van der Waals surface area (Å²) < 4.78 is 0. The number of nitrogens with zero attached hydrogens (tertiary/aromatic N) is 3. The van der Waals surface area contributed by atoms with Gasteiger partial charge in [-0.2, -0.15) is 0 Å². The van der Waals surface area contributed by atoms with Gasteiger partial charge in [0.2, 0.25) is 0 Å². The summed E-state index contributed by atoms with van der Waals surface area (Å²) in [5.74, 6) is 2.66. The van der Waals surface area contributed by atoms with Crippen LogP contribution < -0.4 is 10.2 Å². The molecule has 0 radical (unpaired) electrons. The van der Waals surface area contributed by atoms with Crippen molar-refractivity contribution < 1.29 is 0 Å². The molecule has 0 saturated heterocycles. The van der Waals surface area contributed by atoms with E-state index in [2.05, 4.69) is 47.0 Å². The molecule has 1 heterocycles. The topological polar surface area (TPSA) is 41.0 Å². The molecule has 0 aliphatic heterocycles. The maximum absolute atomic E-state index is 4.49. The van der Waals surface area contributed by atoms with E-state index >= 15 is 0 Å². The third-order valence-electron chi connectivity index (χ3n) is 3.63. The van der Waals surface area contributed by atoms with Crippen molar-refractivity contribution in [2.45, 2.75) is 52.5 Å². The first-order valence-electron chi connectivity index (χ1n) is 7.53. The van der Waals surface area contributed by atoms with Crippen LogP contribution in [0.4, 0.5) is 11.6 Å². The Hall–Kier alpha value is -1.32. The first kappa shape index (κ1) is 14.1. The summed E-state index contributed by atoms with van der Waals surface area (Å²) in [5.41, 5.74) is 0. The zero-order chi connectivity index (χ0) is 13.7. The van der Waals surface area contributed by atoms with Crippen molar-refractivity contribution in [3.8, 4) is 0 Å². The van der Waals surface area contributed by atoms with Crippen LogP contribution in [0, 0.1) is 5.92 Å². The monoisotopic (exact) mass is 262 g/mol. The molecule has 4 heteroatoms. The lowest BCUT2D eigenvalue weighted by atomic mass is 10.1. The smallest absolute Gasteiger partial charge is 0.134 e. The molecule has 4 nitrogen and oxygen atoms in total. The van der Waals surface area contributed by atoms with E-state index in [1.54, 1.807) is 6.33 Å². The van der Waals surface area contributed by atoms with Crippen molar-refractivity contribution in [1.82, 2.24) is 9.97 Å².